The van der Waals surface area contributed by atoms with Crippen molar-refractivity contribution in [2.24, 2.45) is 10.7 Å². The van der Waals surface area contributed by atoms with Gasteiger partial charge in [0.2, 0.25) is 0 Å². The minimum atomic E-state index is 0.367. The molecule has 0 aliphatic carbocycles. The monoisotopic (exact) mass is 411 g/mol. The van der Waals surface area contributed by atoms with Crippen molar-refractivity contribution < 1.29 is 0 Å². The largest absolute Gasteiger partial charge is 0.369 e. The second-order valence-electron chi connectivity index (χ2n) is 8.05. The highest BCUT2D eigenvalue weighted by Crippen LogP contribution is 2.31. The molecule has 6 rings (SSSR count). The van der Waals surface area contributed by atoms with Gasteiger partial charge in [-0.15, -0.1) is 0 Å². The zero-order valence-corrected chi connectivity index (χ0v) is 17.4. The molecule has 0 radical (unpaired) electrons. The lowest BCUT2D eigenvalue weighted by Gasteiger charge is -2.11. The Morgan fingerprint density at radius 3 is 1.69 bits per heavy atom. The normalized spacial score (nSPS) is 12.1. The molecule has 0 saturated carbocycles. The zero-order chi connectivity index (χ0) is 21.5. The molecular formula is C29H21N3. The van der Waals surface area contributed by atoms with Crippen LogP contribution in [0.15, 0.2) is 114 Å². The number of benzene rings is 6. The summed E-state index contributed by atoms with van der Waals surface area (Å²) in [5.74, 6) is 0.367. The number of fused-ring (bicyclic) bond motifs is 4. The van der Waals surface area contributed by atoms with Crippen molar-refractivity contribution in [3.05, 3.63) is 109 Å². The topological polar surface area (TPSA) is 50.4 Å². The summed E-state index contributed by atoms with van der Waals surface area (Å²) >= 11 is 0. The molecule has 0 spiro atoms. The van der Waals surface area contributed by atoms with Crippen molar-refractivity contribution in [1.29, 1.82) is 0 Å². The van der Waals surface area contributed by atoms with E-state index in [0.29, 0.717) is 5.96 Å². The Labute approximate surface area is 185 Å². The molecule has 0 aliphatic heterocycles. The standard InChI is InChI=1S/C29H21N3/c30-29(31-27-13-5-11-23-15-19-7-1-3-9-21(19)17-25(23)27)32-28-14-6-12-24-16-20-8-2-4-10-22(20)18-26(24)28/h1-18H,(H3,30,31,32). The molecular weight excluding hydrogens is 390 g/mol. The highest BCUT2D eigenvalue weighted by molar-refractivity contribution is 6.09. The van der Waals surface area contributed by atoms with Crippen molar-refractivity contribution in [3.63, 3.8) is 0 Å². The average molecular weight is 412 g/mol. The third-order valence-corrected chi connectivity index (χ3v) is 5.97. The molecule has 0 amide bonds. The number of nitrogens with one attached hydrogen (secondary N) is 1. The number of hydrogen-bond acceptors (Lipinski definition) is 1. The quantitative estimate of drug-likeness (QED) is 0.178. The lowest BCUT2D eigenvalue weighted by atomic mass is 10.0. The lowest BCUT2D eigenvalue weighted by molar-refractivity contribution is 1.47. The van der Waals surface area contributed by atoms with E-state index >= 15 is 0 Å². The number of guanidine groups is 1. The van der Waals surface area contributed by atoms with Crippen LogP contribution in [-0.2, 0) is 0 Å². The van der Waals surface area contributed by atoms with E-state index in [-0.39, 0.29) is 0 Å². The summed E-state index contributed by atoms with van der Waals surface area (Å²) in [6, 6.07) is 37.9. The predicted molar refractivity (Wildman–Crippen MR) is 138 cm³/mol. The fourth-order valence-electron chi connectivity index (χ4n) is 4.42. The van der Waals surface area contributed by atoms with Gasteiger partial charge >= 0.3 is 0 Å². The highest BCUT2D eigenvalue weighted by atomic mass is 15.1. The van der Waals surface area contributed by atoms with Gasteiger partial charge < -0.3 is 11.1 Å². The van der Waals surface area contributed by atoms with Crippen molar-refractivity contribution in [2.45, 2.75) is 0 Å². The van der Waals surface area contributed by atoms with Crippen molar-refractivity contribution in [3.8, 4) is 0 Å². The van der Waals surface area contributed by atoms with E-state index in [1.165, 1.54) is 21.5 Å². The Kier molecular flexibility index (Phi) is 4.25. The van der Waals surface area contributed by atoms with E-state index in [4.69, 9.17) is 10.7 Å². The molecule has 0 saturated heterocycles. The number of hydrogen-bond donors (Lipinski definition) is 2. The fourth-order valence-corrected chi connectivity index (χ4v) is 4.42. The molecule has 0 heterocycles. The van der Waals surface area contributed by atoms with Crippen LogP contribution in [0.1, 0.15) is 0 Å². The third kappa shape index (κ3) is 3.21. The Morgan fingerprint density at radius 1 is 0.531 bits per heavy atom. The summed E-state index contributed by atoms with van der Waals surface area (Å²) in [4.78, 5) is 4.74. The van der Waals surface area contributed by atoms with Crippen molar-refractivity contribution in [1.82, 2.24) is 0 Å². The smallest absolute Gasteiger partial charge is 0.198 e. The first kappa shape index (κ1) is 18.4. The van der Waals surface area contributed by atoms with Gasteiger partial charge in [0.05, 0.1) is 5.69 Å². The van der Waals surface area contributed by atoms with Gasteiger partial charge in [-0.3, -0.25) is 0 Å². The number of nitrogens with two attached hydrogens (primary N) is 1. The van der Waals surface area contributed by atoms with Crippen LogP contribution in [0.5, 0.6) is 0 Å². The van der Waals surface area contributed by atoms with Gasteiger partial charge in [0.15, 0.2) is 5.96 Å². The molecule has 3 N–H and O–H groups in total. The molecule has 0 atom stereocenters. The molecule has 0 bridgehead atoms. The Hall–Kier alpha value is -4.37. The summed E-state index contributed by atoms with van der Waals surface area (Å²) in [7, 11) is 0. The van der Waals surface area contributed by atoms with Crippen LogP contribution in [0, 0.1) is 0 Å². The first-order chi connectivity index (χ1) is 15.7. The van der Waals surface area contributed by atoms with Crippen LogP contribution in [0.4, 0.5) is 11.4 Å². The maximum Gasteiger partial charge on any atom is 0.198 e. The van der Waals surface area contributed by atoms with Gasteiger partial charge in [-0.2, -0.15) is 0 Å². The van der Waals surface area contributed by atoms with Crippen LogP contribution in [0.2, 0.25) is 0 Å². The number of anilines is 1. The summed E-state index contributed by atoms with van der Waals surface area (Å²) < 4.78 is 0. The first-order valence-corrected chi connectivity index (χ1v) is 10.7. The lowest BCUT2D eigenvalue weighted by Crippen LogP contribution is -2.22. The molecule has 32 heavy (non-hydrogen) atoms. The van der Waals surface area contributed by atoms with E-state index < -0.39 is 0 Å². The number of rotatable bonds is 2. The van der Waals surface area contributed by atoms with Gasteiger partial charge in [0.1, 0.15) is 0 Å². The fraction of sp³-hybridized carbons (Fsp3) is 0. The molecule has 0 fully saturated rings. The van der Waals surface area contributed by atoms with Crippen molar-refractivity contribution in [2.75, 3.05) is 5.32 Å². The Morgan fingerprint density at radius 2 is 1.03 bits per heavy atom. The van der Waals surface area contributed by atoms with E-state index in [9.17, 15) is 0 Å². The van der Waals surface area contributed by atoms with Crippen LogP contribution in [0.3, 0.4) is 0 Å². The molecule has 6 aromatic rings. The van der Waals surface area contributed by atoms with Gasteiger partial charge in [0.25, 0.3) is 0 Å². The molecule has 0 aliphatic rings. The SMILES string of the molecule is NC(=Nc1cccc2cc3ccccc3cc12)Nc1cccc2cc3ccccc3cc12. The van der Waals surface area contributed by atoms with Crippen LogP contribution < -0.4 is 11.1 Å². The van der Waals surface area contributed by atoms with E-state index in [1.807, 2.05) is 24.3 Å². The second-order valence-corrected chi connectivity index (χ2v) is 8.05. The van der Waals surface area contributed by atoms with Crippen LogP contribution in [-0.4, -0.2) is 5.96 Å². The molecule has 0 unspecified atom stereocenters. The van der Waals surface area contributed by atoms with Crippen molar-refractivity contribution >= 4 is 60.4 Å². The zero-order valence-electron chi connectivity index (χ0n) is 17.4. The Bertz CT molecular complexity index is 1660. The highest BCUT2D eigenvalue weighted by Gasteiger charge is 2.06. The predicted octanol–water partition coefficient (Wildman–Crippen LogP) is 7.36. The van der Waals surface area contributed by atoms with E-state index in [0.717, 1.165) is 32.9 Å². The van der Waals surface area contributed by atoms with Gasteiger partial charge in [-0.1, -0.05) is 72.8 Å². The van der Waals surface area contributed by atoms with Gasteiger partial charge in [0, 0.05) is 16.5 Å². The van der Waals surface area contributed by atoms with Crippen LogP contribution in [0.25, 0.3) is 43.1 Å². The molecule has 3 nitrogen and oxygen atoms in total. The maximum atomic E-state index is 6.38. The van der Waals surface area contributed by atoms with E-state index in [2.05, 4.69) is 90.2 Å². The van der Waals surface area contributed by atoms with Gasteiger partial charge in [-0.05, 0) is 68.7 Å². The molecule has 3 heteroatoms. The molecule has 6 aromatic carbocycles. The summed E-state index contributed by atoms with van der Waals surface area (Å²) in [6.07, 6.45) is 0. The van der Waals surface area contributed by atoms with Gasteiger partial charge in [-0.25, -0.2) is 4.99 Å². The first-order valence-electron chi connectivity index (χ1n) is 10.7. The van der Waals surface area contributed by atoms with E-state index in [1.54, 1.807) is 0 Å². The minimum absolute atomic E-state index is 0.367. The number of aliphatic imine (C=N–C) groups is 1. The second kappa shape index (κ2) is 7.40. The molecule has 152 valence electrons. The maximum absolute atomic E-state index is 6.38. The number of nitrogens with zero attached hydrogens (tertiary/aromatic N) is 1. The summed E-state index contributed by atoms with van der Waals surface area (Å²) in [5.41, 5.74) is 8.18. The minimum Gasteiger partial charge on any atom is -0.369 e. The third-order valence-electron chi connectivity index (χ3n) is 5.97. The van der Waals surface area contributed by atoms with Crippen LogP contribution >= 0.6 is 0 Å². The summed E-state index contributed by atoms with van der Waals surface area (Å²) in [6.45, 7) is 0. The average Bonchev–Trinajstić information content (AvgIpc) is 2.82. The Balaban J connectivity index is 1.43. The summed E-state index contributed by atoms with van der Waals surface area (Å²) in [5, 5.41) is 12.7. The molecule has 0 aromatic heterocycles.